The van der Waals surface area contributed by atoms with E-state index < -0.39 is 5.91 Å². The number of thioether (sulfide) groups is 1. The second-order valence-corrected chi connectivity index (χ2v) is 5.83. The molecule has 0 unspecified atom stereocenters. The van der Waals surface area contributed by atoms with Crippen LogP contribution in [0, 0.1) is 0 Å². The predicted octanol–water partition coefficient (Wildman–Crippen LogP) is 1.02. The monoisotopic (exact) mass is 324 g/mol. The molecule has 1 aromatic carbocycles. The second kappa shape index (κ2) is 7.93. The SMILES string of the molecule is CCN(Cc1ccc2c(c1)OCCO2)C(=O)CSCC(N)=O. The molecule has 7 heteroatoms. The molecule has 1 aliphatic heterocycles. The van der Waals surface area contributed by atoms with Crippen molar-refractivity contribution in [2.45, 2.75) is 13.5 Å². The summed E-state index contributed by atoms with van der Waals surface area (Å²) < 4.78 is 11.0. The number of primary amides is 1. The van der Waals surface area contributed by atoms with Crippen LogP contribution >= 0.6 is 11.8 Å². The fraction of sp³-hybridized carbons (Fsp3) is 0.467. The Morgan fingerprint density at radius 3 is 2.64 bits per heavy atom. The molecule has 2 amide bonds. The number of fused-ring (bicyclic) bond motifs is 1. The number of amides is 2. The summed E-state index contributed by atoms with van der Waals surface area (Å²) >= 11 is 1.24. The summed E-state index contributed by atoms with van der Waals surface area (Å²) in [5, 5.41) is 0. The first-order chi connectivity index (χ1) is 10.6. The molecule has 120 valence electrons. The van der Waals surface area contributed by atoms with Crippen molar-refractivity contribution in [1.82, 2.24) is 4.90 Å². The number of ether oxygens (including phenoxy) is 2. The number of carbonyl (C=O) groups is 2. The zero-order valence-electron chi connectivity index (χ0n) is 12.5. The summed E-state index contributed by atoms with van der Waals surface area (Å²) in [5.41, 5.74) is 6.05. The second-order valence-electron chi connectivity index (χ2n) is 4.85. The third-order valence-corrected chi connectivity index (χ3v) is 4.12. The summed E-state index contributed by atoms with van der Waals surface area (Å²) in [6, 6.07) is 5.70. The predicted molar refractivity (Wildman–Crippen MR) is 85.0 cm³/mol. The molecule has 1 aromatic rings. The summed E-state index contributed by atoms with van der Waals surface area (Å²) in [7, 11) is 0. The number of nitrogens with zero attached hydrogens (tertiary/aromatic N) is 1. The van der Waals surface area contributed by atoms with Gasteiger partial charge in [0.1, 0.15) is 13.2 Å². The highest BCUT2D eigenvalue weighted by molar-refractivity contribution is 8.00. The highest BCUT2D eigenvalue weighted by Gasteiger charge is 2.16. The lowest BCUT2D eigenvalue weighted by Gasteiger charge is -2.23. The van der Waals surface area contributed by atoms with Gasteiger partial charge in [-0.3, -0.25) is 9.59 Å². The van der Waals surface area contributed by atoms with Crippen molar-refractivity contribution in [1.29, 1.82) is 0 Å². The molecule has 0 radical (unpaired) electrons. The van der Waals surface area contributed by atoms with E-state index in [1.807, 2.05) is 25.1 Å². The van der Waals surface area contributed by atoms with Crippen LogP contribution in [0.5, 0.6) is 11.5 Å². The minimum atomic E-state index is -0.410. The van der Waals surface area contributed by atoms with Crippen LogP contribution < -0.4 is 15.2 Å². The molecule has 1 aliphatic rings. The quantitative estimate of drug-likeness (QED) is 0.810. The lowest BCUT2D eigenvalue weighted by molar-refractivity contribution is -0.128. The Morgan fingerprint density at radius 1 is 1.23 bits per heavy atom. The molecule has 0 aliphatic carbocycles. The lowest BCUT2D eigenvalue weighted by Crippen LogP contribution is -2.32. The van der Waals surface area contributed by atoms with Crippen molar-refractivity contribution in [3.63, 3.8) is 0 Å². The van der Waals surface area contributed by atoms with Crippen LogP contribution in [-0.4, -0.2) is 48.0 Å². The van der Waals surface area contributed by atoms with Crippen LogP contribution in [0.2, 0.25) is 0 Å². The van der Waals surface area contributed by atoms with Crippen molar-refractivity contribution < 1.29 is 19.1 Å². The van der Waals surface area contributed by atoms with Gasteiger partial charge in [0.25, 0.3) is 0 Å². The third kappa shape index (κ3) is 4.56. The molecule has 0 saturated heterocycles. The van der Waals surface area contributed by atoms with Gasteiger partial charge in [-0.15, -0.1) is 11.8 Å². The molecule has 2 rings (SSSR count). The molecule has 22 heavy (non-hydrogen) atoms. The van der Waals surface area contributed by atoms with Gasteiger partial charge in [-0.2, -0.15) is 0 Å². The molecule has 0 spiro atoms. The smallest absolute Gasteiger partial charge is 0.232 e. The van der Waals surface area contributed by atoms with Gasteiger partial charge in [-0.05, 0) is 24.6 Å². The van der Waals surface area contributed by atoms with Gasteiger partial charge in [0, 0.05) is 13.1 Å². The van der Waals surface area contributed by atoms with Crippen molar-refractivity contribution >= 4 is 23.6 Å². The Balaban J connectivity index is 1.94. The molecule has 0 aromatic heterocycles. The zero-order chi connectivity index (χ0) is 15.9. The fourth-order valence-electron chi connectivity index (χ4n) is 2.11. The van der Waals surface area contributed by atoms with E-state index in [0.29, 0.717) is 26.3 Å². The maximum Gasteiger partial charge on any atom is 0.232 e. The third-order valence-electron chi connectivity index (χ3n) is 3.18. The molecular weight excluding hydrogens is 304 g/mol. The molecule has 0 bridgehead atoms. The van der Waals surface area contributed by atoms with Gasteiger partial charge in [-0.1, -0.05) is 6.07 Å². The summed E-state index contributed by atoms with van der Waals surface area (Å²) in [5.74, 6) is 1.45. The first-order valence-corrected chi connectivity index (χ1v) is 8.28. The number of rotatable bonds is 7. The van der Waals surface area contributed by atoms with Gasteiger partial charge in [-0.25, -0.2) is 0 Å². The zero-order valence-corrected chi connectivity index (χ0v) is 13.4. The molecule has 0 saturated carbocycles. The average Bonchev–Trinajstić information content (AvgIpc) is 2.52. The van der Waals surface area contributed by atoms with Crippen LogP contribution in [-0.2, 0) is 16.1 Å². The number of hydrogen-bond donors (Lipinski definition) is 1. The summed E-state index contributed by atoms with van der Waals surface area (Å²) in [4.78, 5) is 24.6. The van der Waals surface area contributed by atoms with Crippen molar-refractivity contribution in [3.8, 4) is 11.5 Å². The Hall–Kier alpha value is -1.89. The number of benzene rings is 1. The van der Waals surface area contributed by atoms with Crippen molar-refractivity contribution in [2.75, 3.05) is 31.3 Å². The molecular formula is C15H20N2O4S. The largest absolute Gasteiger partial charge is 0.486 e. The van der Waals surface area contributed by atoms with E-state index in [1.165, 1.54) is 11.8 Å². The van der Waals surface area contributed by atoms with Crippen LogP contribution in [0.1, 0.15) is 12.5 Å². The van der Waals surface area contributed by atoms with E-state index in [2.05, 4.69) is 0 Å². The molecule has 1 heterocycles. The van der Waals surface area contributed by atoms with E-state index >= 15 is 0 Å². The minimum Gasteiger partial charge on any atom is -0.486 e. The van der Waals surface area contributed by atoms with Crippen LogP contribution in [0.25, 0.3) is 0 Å². The Morgan fingerprint density at radius 2 is 1.95 bits per heavy atom. The maximum absolute atomic E-state index is 12.1. The van der Waals surface area contributed by atoms with E-state index in [0.717, 1.165) is 17.1 Å². The molecule has 6 nitrogen and oxygen atoms in total. The number of hydrogen-bond acceptors (Lipinski definition) is 5. The van der Waals surface area contributed by atoms with Gasteiger partial charge in [0.05, 0.1) is 11.5 Å². The normalized spacial score (nSPS) is 12.8. The Bertz CT molecular complexity index is 550. The number of nitrogens with two attached hydrogens (primary N) is 1. The van der Waals surface area contributed by atoms with Gasteiger partial charge >= 0.3 is 0 Å². The van der Waals surface area contributed by atoms with Crippen LogP contribution in [0.3, 0.4) is 0 Å². The maximum atomic E-state index is 12.1. The van der Waals surface area contributed by atoms with Gasteiger partial charge in [0.15, 0.2) is 11.5 Å². The molecule has 0 fully saturated rings. The first kappa shape index (κ1) is 16.5. The lowest BCUT2D eigenvalue weighted by atomic mass is 10.2. The van der Waals surface area contributed by atoms with E-state index in [4.69, 9.17) is 15.2 Å². The minimum absolute atomic E-state index is 0.0105. The van der Waals surface area contributed by atoms with Crippen LogP contribution in [0.15, 0.2) is 18.2 Å². The van der Waals surface area contributed by atoms with E-state index in [9.17, 15) is 9.59 Å². The van der Waals surface area contributed by atoms with Crippen molar-refractivity contribution in [2.24, 2.45) is 5.73 Å². The first-order valence-electron chi connectivity index (χ1n) is 7.12. The van der Waals surface area contributed by atoms with E-state index in [-0.39, 0.29) is 17.4 Å². The van der Waals surface area contributed by atoms with Gasteiger partial charge < -0.3 is 20.1 Å². The van der Waals surface area contributed by atoms with Crippen LogP contribution in [0.4, 0.5) is 0 Å². The summed E-state index contributed by atoms with van der Waals surface area (Å²) in [6.07, 6.45) is 0. The highest BCUT2D eigenvalue weighted by atomic mass is 32.2. The van der Waals surface area contributed by atoms with Gasteiger partial charge in [0.2, 0.25) is 11.8 Å². The topological polar surface area (TPSA) is 81.9 Å². The molecule has 0 atom stereocenters. The standard InChI is InChI=1S/C15H20N2O4S/c1-2-17(15(19)10-22-9-14(16)18)8-11-3-4-12-13(7-11)21-6-5-20-12/h3-4,7H,2,5-6,8-10H2,1H3,(H2,16,18). The van der Waals surface area contributed by atoms with E-state index in [1.54, 1.807) is 4.90 Å². The highest BCUT2D eigenvalue weighted by Crippen LogP contribution is 2.31. The average molecular weight is 324 g/mol. The molecule has 2 N–H and O–H groups in total. The Labute approximate surface area is 133 Å². The van der Waals surface area contributed by atoms with Crippen molar-refractivity contribution in [3.05, 3.63) is 23.8 Å². The Kier molecular flexibility index (Phi) is 5.94. The fourth-order valence-corrected chi connectivity index (χ4v) is 2.77. The number of carbonyl (C=O) groups excluding carboxylic acids is 2. The summed E-state index contributed by atoms with van der Waals surface area (Å²) in [6.45, 7) is 4.13.